The summed E-state index contributed by atoms with van der Waals surface area (Å²) in [6.07, 6.45) is 0. The second-order valence-electron chi connectivity index (χ2n) is 0.646. The predicted molar refractivity (Wildman–Crippen MR) is 26.4 cm³/mol. The van der Waals surface area contributed by atoms with Crippen LogP contribution in [0.4, 0.5) is 0 Å². The molecule has 6 heavy (non-hydrogen) atoms. The van der Waals surface area contributed by atoms with Gasteiger partial charge in [-0.25, -0.2) is 0 Å². The van der Waals surface area contributed by atoms with E-state index in [9.17, 15) is 0 Å². The first-order chi connectivity index (χ1) is 2.89. The van der Waals surface area contributed by atoms with E-state index in [1.54, 1.807) is 0 Å². The Hall–Kier alpha value is 0.0400. The van der Waals surface area contributed by atoms with E-state index in [1.165, 1.54) is 11.3 Å². The van der Waals surface area contributed by atoms with Gasteiger partial charge >= 0.3 is 0 Å². The molecular formula is C2BrN2S. The van der Waals surface area contributed by atoms with E-state index in [1.807, 2.05) is 0 Å². The van der Waals surface area contributed by atoms with Crippen LogP contribution in [-0.4, -0.2) is 10.2 Å². The van der Waals surface area contributed by atoms with Crippen molar-refractivity contribution in [3.05, 3.63) is 9.43 Å². The van der Waals surface area contributed by atoms with Crippen LogP contribution in [0, 0.1) is 5.51 Å². The van der Waals surface area contributed by atoms with Crippen LogP contribution in [0.1, 0.15) is 0 Å². The fourth-order valence-corrected chi connectivity index (χ4v) is 0.673. The van der Waals surface area contributed by atoms with Crippen LogP contribution < -0.4 is 0 Å². The molecule has 0 aliphatic rings. The minimum atomic E-state index is 0.780. The zero-order chi connectivity index (χ0) is 4.41. The number of aromatic nitrogens is 2. The van der Waals surface area contributed by atoms with E-state index >= 15 is 0 Å². The van der Waals surface area contributed by atoms with Crippen molar-refractivity contribution >= 4 is 27.3 Å². The molecule has 0 fully saturated rings. The molecule has 0 spiro atoms. The molecule has 0 atom stereocenters. The van der Waals surface area contributed by atoms with Gasteiger partial charge in [-0.15, -0.1) is 10.2 Å². The summed E-state index contributed by atoms with van der Waals surface area (Å²) in [5.74, 6) is 0. The summed E-state index contributed by atoms with van der Waals surface area (Å²) in [4.78, 5) is 0. The van der Waals surface area contributed by atoms with E-state index in [0.29, 0.717) is 0 Å². The Bertz CT molecular complexity index is 115. The predicted octanol–water partition coefficient (Wildman–Crippen LogP) is 1.10. The highest BCUT2D eigenvalue weighted by atomic mass is 79.9. The van der Waals surface area contributed by atoms with Crippen LogP contribution >= 0.6 is 27.3 Å². The zero-order valence-electron chi connectivity index (χ0n) is 2.68. The first kappa shape index (κ1) is 4.21. The molecule has 0 aliphatic carbocycles. The van der Waals surface area contributed by atoms with Crippen molar-refractivity contribution in [2.45, 2.75) is 0 Å². The van der Waals surface area contributed by atoms with Crippen molar-refractivity contribution < 1.29 is 0 Å². The second-order valence-corrected chi connectivity index (χ2v) is 2.70. The summed E-state index contributed by atoms with van der Waals surface area (Å²) in [5.41, 5.74) is 2.56. The Kier molecular flexibility index (Phi) is 1.16. The largest absolute Gasteiger partial charge is 0.183 e. The van der Waals surface area contributed by atoms with Gasteiger partial charge in [-0.1, -0.05) is 11.3 Å². The van der Waals surface area contributed by atoms with Gasteiger partial charge in [0.05, 0.1) is 0 Å². The van der Waals surface area contributed by atoms with Gasteiger partial charge in [0.15, 0.2) is 9.43 Å². The fraction of sp³-hybridized carbons (Fsp3) is 0. The Morgan fingerprint density at radius 3 is 2.83 bits per heavy atom. The van der Waals surface area contributed by atoms with Gasteiger partial charge in [0, 0.05) is 0 Å². The van der Waals surface area contributed by atoms with Crippen molar-refractivity contribution in [3.8, 4) is 0 Å². The van der Waals surface area contributed by atoms with Crippen LogP contribution in [0.25, 0.3) is 0 Å². The molecule has 1 radical (unpaired) electrons. The third-order valence-electron chi connectivity index (χ3n) is 0.299. The quantitative estimate of drug-likeness (QED) is 0.573. The molecule has 0 saturated heterocycles. The summed E-state index contributed by atoms with van der Waals surface area (Å²) in [6.45, 7) is 0. The van der Waals surface area contributed by atoms with Crippen LogP contribution in [-0.2, 0) is 0 Å². The average Bonchev–Trinajstić information content (AvgIpc) is 1.86. The highest BCUT2D eigenvalue weighted by Gasteiger charge is 1.82. The number of halogens is 1. The molecule has 4 heteroatoms. The molecule has 0 N–H and O–H groups in total. The molecular weight excluding hydrogens is 164 g/mol. The summed E-state index contributed by atoms with van der Waals surface area (Å²) in [7, 11) is 0. The Morgan fingerprint density at radius 1 is 1.83 bits per heavy atom. The summed E-state index contributed by atoms with van der Waals surface area (Å²) in [5, 5.41) is 6.96. The van der Waals surface area contributed by atoms with Crippen molar-refractivity contribution in [2.24, 2.45) is 0 Å². The Labute approximate surface area is 47.3 Å². The molecule has 1 aromatic heterocycles. The van der Waals surface area contributed by atoms with Gasteiger partial charge in [-0.3, -0.25) is 0 Å². The maximum absolute atomic E-state index is 3.55. The van der Waals surface area contributed by atoms with Crippen molar-refractivity contribution in [1.82, 2.24) is 10.2 Å². The first-order valence-corrected chi connectivity index (χ1v) is 2.85. The van der Waals surface area contributed by atoms with Crippen LogP contribution in [0.5, 0.6) is 0 Å². The second kappa shape index (κ2) is 1.66. The van der Waals surface area contributed by atoms with Gasteiger partial charge in [-0.05, 0) is 15.9 Å². The number of rotatable bonds is 0. The molecule has 0 amide bonds. The van der Waals surface area contributed by atoms with Crippen molar-refractivity contribution in [1.29, 1.82) is 0 Å². The number of hydrogen-bond donors (Lipinski definition) is 0. The van der Waals surface area contributed by atoms with E-state index in [0.717, 1.165) is 3.92 Å². The topological polar surface area (TPSA) is 25.8 Å². The standard InChI is InChI=1S/C2BrN2S/c3-2-5-4-1-6-2. The van der Waals surface area contributed by atoms with E-state index in [2.05, 4.69) is 31.6 Å². The summed E-state index contributed by atoms with van der Waals surface area (Å²) in [6, 6.07) is 0. The van der Waals surface area contributed by atoms with Gasteiger partial charge in [-0.2, -0.15) is 0 Å². The Balaban J connectivity index is 3.05. The van der Waals surface area contributed by atoms with Crippen molar-refractivity contribution in [2.75, 3.05) is 0 Å². The Morgan fingerprint density at radius 2 is 2.67 bits per heavy atom. The third kappa shape index (κ3) is 0.753. The summed E-state index contributed by atoms with van der Waals surface area (Å²) >= 11 is 4.44. The van der Waals surface area contributed by atoms with E-state index in [-0.39, 0.29) is 0 Å². The molecule has 0 aliphatic heterocycles. The number of nitrogens with zero attached hydrogens (tertiary/aromatic N) is 2. The van der Waals surface area contributed by atoms with E-state index in [4.69, 9.17) is 0 Å². The van der Waals surface area contributed by atoms with Crippen molar-refractivity contribution in [3.63, 3.8) is 0 Å². The third-order valence-corrected chi connectivity index (χ3v) is 1.37. The SMILES string of the molecule is Brc1nn[c]s1. The lowest BCUT2D eigenvalue weighted by molar-refractivity contribution is 1.07. The minimum Gasteiger partial charge on any atom is -0.135 e. The maximum Gasteiger partial charge on any atom is 0.183 e. The summed E-state index contributed by atoms with van der Waals surface area (Å²) < 4.78 is 0.780. The normalized spacial score (nSPS) is 8.83. The molecule has 0 bridgehead atoms. The highest BCUT2D eigenvalue weighted by Crippen LogP contribution is 2.07. The first-order valence-electron chi connectivity index (χ1n) is 1.24. The lowest BCUT2D eigenvalue weighted by Gasteiger charge is -1.58. The molecule has 1 rings (SSSR count). The van der Waals surface area contributed by atoms with Gasteiger partial charge in [0.1, 0.15) is 0 Å². The molecule has 1 aromatic rings. The van der Waals surface area contributed by atoms with Crippen LogP contribution in [0.2, 0.25) is 0 Å². The van der Waals surface area contributed by atoms with E-state index < -0.39 is 0 Å². The molecule has 31 valence electrons. The smallest absolute Gasteiger partial charge is 0.135 e. The molecule has 0 saturated carbocycles. The zero-order valence-corrected chi connectivity index (χ0v) is 5.08. The lowest BCUT2D eigenvalue weighted by Crippen LogP contribution is -1.59. The molecule has 1 heterocycles. The maximum atomic E-state index is 3.55. The number of hydrogen-bond acceptors (Lipinski definition) is 3. The van der Waals surface area contributed by atoms with Gasteiger partial charge in [0.2, 0.25) is 0 Å². The van der Waals surface area contributed by atoms with Crippen LogP contribution in [0.15, 0.2) is 3.92 Å². The van der Waals surface area contributed by atoms with Gasteiger partial charge < -0.3 is 0 Å². The monoisotopic (exact) mass is 163 g/mol. The van der Waals surface area contributed by atoms with Crippen LogP contribution in [0.3, 0.4) is 0 Å². The highest BCUT2D eigenvalue weighted by molar-refractivity contribution is 9.11. The average molecular weight is 164 g/mol. The van der Waals surface area contributed by atoms with Gasteiger partial charge in [0.25, 0.3) is 0 Å². The lowest BCUT2D eigenvalue weighted by atomic mass is 11.6. The fourth-order valence-electron chi connectivity index (χ4n) is 0.138. The molecule has 2 nitrogen and oxygen atoms in total. The minimum absolute atomic E-state index is 0.780. The molecule has 0 unspecified atom stereocenters. The molecule has 0 aromatic carbocycles.